The van der Waals surface area contributed by atoms with Crippen LogP contribution in [0.2, 0.25) is 0 Å². The molecule has 6 nitrogen and oxygen atoms in total. The summed E-state index contributed by atoms with van der Waals surface area (Å²) in [4.78, 5) is 29.0. The van der Waals surface area contributed by atoms with E-state index in [4.69, 9.17) is 4.74 Å². The van der Waals surface area contributed by atoms with E-state index in [1.165, 1.54) is 0 Å². The summed E-state index contributed by atoms with van der Waals surface area (Å²) in [5, 5.41) is 5.50. The van der Waals surface area contributed by atoms with Crippen molar-refractivity contribution in [1.82, 2.24) is 4.98 Å². The number of para-hydroxylation sites is 2. The fourth-order valence-corrected chi connectivity index (χ4v) is 2.64. The van der Waals surface area contributed by atoms with E-state index in [9.17, 15) is 9.59 Å². The number of amides is 2. The van der Waals surface area contributed by atoms with Crippen LogP contribution in [-0.4, -0.2) is 22.6 Å². The third-order valence-electron chi connectivity index (χ3n) is 3.92. The maximum absolute atomic E-state index is 12.7. The quantitative estimate of drug-likeness (QED) is 0.630. The number of pyridine rings is 1. The van der Waals surface area contributed by atoms with Gasteiger partial charge in [-0.25, -0.2) is 4.79 Å². The molecule has 3 rings (SSSR count). The maximum atomic E-state index is 12.7. The van der Waals surface area contributed by atoms with Crippen LogP contribution in [0.15, 0.2) is 72.9 Å². The molecule has 148 valence electrons. The van der Waals surface area contributed by atoms with Gasteiger partial charge in [-0.2, -0.15) is 0 Å². The van der Waals surface area contributed by atoms with Crippen molar-refractivity contribution in [3.05, 3.63) is 78.5 Å². The van der Waals surface area contributed by atoms with E-state index in [1.54, 1.807) is 63.4 Å². The normalized spacial score (nSPS) is 10.9. The van der Waals surface area contributed by atoms with Crippen LogP contribution in [0.5, 0.6) is 0 Å². The Labute approximate surface area is 169 Å². The lowest BCUT2D eigenvalue weighted by molar-refractivity contribution is 0.0635. The Hall–Kier alpha value is -3.67. The minimum atomic E-state index is -0.613. The molecule has 29 heavy (non-hydrogen) atoms. The third-order valence-corrected chi connectivity index (χ3v) is 3.92. The minimum Gasteiger partial charge on any atom is -0.444 e. The minimum absolute atomic E-state index is 0.281. The van der Waals surface area contributed by atoms with Gasteiger partial charge in [0.1, 0.15) is 5.60 Å². The van der Waals surface area contributed by atoms with Crippen molar-refractivity contribution in [2.45, 2.75) is 26.4 Å². The lowest BCUT2D eigenvalue weighted by Gasteiger charge is -2.20. The van der Waals surface area contributed by atoms with Gasteiger partial charge in [0.25, 0.3) is 5.91 Å². The summed E-state index contributed by atoms with van der Waals surface area (Å²) in [7, 11) is 0. The van der Waals surface area contributed by atoms with Crippen LogP contribution >= 0.6 is 0 Å². The van der Waals surface area contributed by atoms with Gasteiger partial charge in [0, 0.05) is 17.3 Å². The first-order chi connectivity index (χ1) is 13.8. The summed E-state index contributed by atoms with van der Waals surface area (Å²) in [6.07, 6.45) is 1.14. The number of aromatic nitrogens is 1. The molecule has 0 fully saturated rings. The van der Waals surface area contributed by atoms with Crippen molar-refractivity contribution in [2.24, 2.45) is 0 Å². The number of carbonyl (C=O) groups excluding carboxylic acids is 2. The van der Waals surface area contributed by atoms with Gasteiger partial charge in [0.2, 0.25) is 0 Å². The summed E-state index contributed by atoms with van der Waals surface area (Å²) >= 11 is 0. The zero-order chi connectivity index (χ0) is 20.9. The average Bonchev–Trinajstić information content (AvgIpc) is 2.69. The fourth-order valence-electron chi connectivity index (χ4n) is 2.64. The molecular formula is C23H23N3O3. The Balaban J connectivity index is 1.72. The van der Waals surface area contributed by atoms with Crippen molar-refractivity contribution in [3.8, 4) is 11.3 Å². The van der Waals surface area contributed by atoms with Crippen LogP contribution in [0.3, 0.4) is 0 Å². The van der Waals surface area contributed by atoms with Crippen molar-refractivity contribution in [3.63, 3.8) is 0 Å². The molecule has 2 aromatic carbocycles. The van der Waals surface area contributed by atoms with E-state index in [2.05, 4.69) is 15.6 Å². The van der Waals surface area contributed by atoms with E-state index in [0.29, 0.717) is 16.9 Å². The molecule has 1 aromatic heterocycles. The number of rotatable bonds is 4. The Morgan fingerprint density at radius 1 is 0.828 bits per heavy atom. The number of nitrogens with one attached hydrogen (secondary N) is 2. The monoisotopic (exact) mass is 389 g/mol. The molecular weight excluding hydrogens is 366 g/mol. The van der Waals surface area contributed by atoms with Gasteiger partial charge in [0.05, 0.1) is 17.1 Å². The number of ether oxygens (including phenoxy) is 1. The first-order valence-corrected chi connectivity index (χ1v) is 9.24. The highest BCUT2D eigenvalue weighted by molar-refractivity contribution is 6.07. The number of benzene rings is 2. The highest BCUT2D eigenvalue weighted by atomic mass is 16.6. The Kier molecular flexibility index (Phi) is 5.93. The molecule has 0 saturated carbocycles. The number of hydrogen-bond donors (Lipinski definition) is 2. The van der Waals surface area contributed by atoms with Crippen LogP contribution in [0.1, 0.15) is 31.1 Å². The number of anilines is 2. The molecule has 0 aliphatic rings. The smallest absolute Gasteiger partial charge is 0.412 e. The highest BCUT2D eigenvalue weighted by Gasteiger charge is 2.17. The van der Waals surface area contributed by atoms with E-state index in [1.807, 2.05) is 30.3 Å². The number of hydrogen-bond acceptors (Lipinski definition) is 4. The summed E-state index contributed by atoms with van der Waals surface area (Å²) < 4.78 is 5.27. The van der Waals surface area contributed by atoms with Crippen molar-refractivity contribution in [1.29, 1.82) is 0 Å². The van der Waals surface area contributed by atoms with Gasteiger partial charge in [-0.05, 0) is 57.2 Å². The van der Waals surface area contributed by atoms with Crippen LogP contribution < -0.4 is 10.6 Å². The first-order valence-electron chi connectivity index (χ1n) is 9.24. The van der Waals surface area contributed by atoms with Gasteiger partial charge >= 0.3 is 6.09 Å². The van der Waals surface area contributed by atoms with Gasteiger partial charge < -0.3 is 10.1 Å². The average molecular weight is 389 g/mol. The predicted octanol–water partition coefficient (Wildman–Crippen LogP) is 5.35. The number of nitrogens with zero attached hydrogens (tertiary/aromatic N) is 1. The molecule has 6 heteroatoms. The van der Waals surface area contributed by atoms with E-state index in [0.717, 1.165) is 11.3 Å². The lowest BCUT2D eigenvalue weighted by atomic mass is 10.1. The summed E-state index contributed by atoms with van der Waals surface area (Å²) in [6, 6.07) is 19.8. The van der Waals surface area contributed by atoms with Gasteiger partial charge in [0.15, 0.2) is 0 Å². The SMILES string of the molecule is CC(C)(C)OC(=O)Nc1ccccc1NC(=O)c1ccc(-c2ccccn2)cc1. The molecule has 0 spiro atoms. The zero-order valence-corrected chi connectivity index (χ0v) is 16.6. The fraction of sp³-hybridized carbons (Fsp3) is 0.174. The molecule has 0 bridgehead atoms. The topological polar surface area (TPSA) is 80.3 Å². The second-order valence-electron chi connectivity index (χ2n) is 7.42. The lowest BCUT2D eigenvalue weighted by Crippen LogP contribution is -2.27. The largest absolute Gasteiger partial charge is 0.444 e. The molecule has 3 aromatic rings. The van der Waals surface area contributed by atoms with Crippen molar-refractivity contribution >= 4 is 23.4 Å². The van der Waals surface area contributed by atoms with Crippen LogP contribution in [0, 0.1) is 0 Å². The van der Waals surface area contributed by atoms with Crippen molar-refractivity contribution in [2.75, 3.05) is 10.6 Å². The second kappa shape index (κ2) is 8.56. The maximum Gasteiger partial charge on any atom is 0.412 e. The summed E-state index contributed by atoms with van der Waals surface area (Å²) in [5.41, 5.74) is 2.59. The standard InChI is InChI=1S/C23H23N3O3/c1-23(2,3)29-22(28)26-20-10-5-4-9-19(20)25-21(27)17-13-11-16(12-14-17)18-8-6-7-15-24-18/h4-15H,1-3H3,(H,25,27)(H,26,28). The van der Waals surface area contributed by atoms with Crippen LogP contribution in [0.25, 0.3) is 11.3 Å². The molecule has 1 heterocycles. The number of carbonyl (C=O) groups is 2. The zero-order valence-electron chi connectivity index (χ0n) is 16.6. The molecule has 0 saturated heterocycles. The van der Waals surface area contributed by atoms with Gasteiger partial charge in [-0.3, -0.25) is 15.1 Å². The summed E-state index contributed by atoms with van der Waals surface area (Å²) in [6.45, 7) is 5.36. The second-order valence-corrected chi connectivity index (χ2v) is 7.42. The molecule has 0 radical (unpaired) electrons. The summed E-state index contributed by atoms with van der Waals surface area (Å²) in [5.74, 6) is -0.281. The van der Waals surface area contributed by atoms with Gasteiger partial charge in [-0.1, -0.05) is 30.3 Å². The molecule has 2 N–H and O–H groups in total. The van der Waals surface area contributed by atoms with Crippen LogP contribution in [-0.2, 0) is 4.74 Å². The first kappa shape index (κ1) is 20.1. The molecule has 0 atom stereocenters. The van der Waals surface area contributed by atoms with Crippen molar-refractivity contribution < 1.29 is 14.3 Å². The van der Waals surface area contributed by atoms with E-state index >= 15 is 0 Å². The predicted molar refractivity (Wildman–Crippen MR) is 114 cm³/mol. The molecule has 0 aliphatic heterocycles. The Morgan fingerprint density at radius 2 is 1.45 bits per heavy atom. The third kappa shape index (κ3) is 5.65. The molecule has 0 unspecified atom stereocenters. The molecule has 2 amide bonds. The van der Waals surface area contributed by atoms with E-state index in [-0.39, 0.29) is 5.91 Å². The Bertz CT molecular complexity index is 994. The van der Waals surface area contributed by atoms with E-state index < -0.39 is 11.7 Å². The van der Waals surface area contributed by atoms with Crippen LogP contribution in [0.4, 0.5) is 16.2 Å². The highest BCUT2D eigenvalue weighted by Crippen LogP contribution is 2.23. The Morgan fingerprint density at radius 3 is 2.03 bits per heavy atom. The molecule has 0 aliphatic carbocycles. The van der Waals surface area contributed by atoms with Gasteiger partial charge in [-0.15, -0.1) is 0 Å².